The van der Waals surface area contributed by atoms with Crippen LogP contribution in [0.4, 0.5) is 0 Å². The SMILES string of the molecule is Cc1[nH]nc2c1c(C1CCC(C)(C(=O)O)CC1)nc1c(-c3ccc(-c4ccccc4)nc3)cnn12. The number of aromatic nitrogens is 6. The molecule has 4 heterocycles. The molecule has 176 valence electrons. The second-order valence-corrected chi connectivity index (χ2v) is 9.78. The van der Waals surface area contributed by atoms with Gasteiger partial charge in [-0.05, 0) is 45.6 Å². The summed E-state index contributed by atoms with van der Waals surface area (Å²) in [7, 11) is 0. The molecule has 0 amide bonds. The molecule has 0 saturated heterocycles. The third-order valence-electron chi connectivity index (χ3n) is 7.49. The number of hydrogen-bond acceptors (Lipinski definition) is 5. The quantitative estimate of drug-likeness (QED) is 0.367. The first-order chi connectivity index (χ1) is 16.9. The van der Waals surface area contributed by atoms with Crippen LogP contribution < -0.4 is 0 Å². The van der Waals surface area contributed by atoms with E-state index < -0.39 is 11.4 Å². The number of carboxylic acid groups (broad SMARTS) is 1. The van der Waals surface area contributed by atoms with E-state index in [1.165, 1.54) is 0 Å². The van der Waals surface area contributed by atoms with Crippen LogP contribution in [0.15, 0.2) is 54.9 Å². The topological polar surface area (TPSA) is 109 Å². The van der Waals surface area contributed by atoms with E-state index in [9.17, 15) is 9.90 Å². The van der Waals surface area contributed by atoms with Crippen LogP contribution in [0.1, 0.15) is 49.9 Å². The average molecular weight is 467 g/mol. The lowest BCUT2D eigenvalue weighted by Gasteiger charge is -2.33. The molecule has 1 aliphatic rings. The number of fused-ring (bicyclic) bond motifs is 3. The molecule has 0 unspecified atom stereocenters. The normalized spacial score (nSPS) is 20.5. The fourth-order valence-electron chi connectivity index (χ4n) is 5.22. The standard InChI is InChI=1S/C27H26N6O2/c1-16-22-23(18-10-12-27(2,13-11-18)26(34)35)30-24-20(15-29-33(24)25(22)32-31-16)19-8-9-21(28-14-19)17-6-4-3-5-7-17/h3-9,14-15,18H,10-13H2,1-2H3,(H,31,32)(H,34,35). The van der Waals surface area contributed by atoms with Gasteiger partial charge in [0.1, 0.15) is 0 Å². The Balaban J connectivity index is 1.43. The van der Waals surface area contributed by atoms with Crippen LogP contribution >= 0.6 is 0 Å². The van der Waals surface area contributed by atoms with Crippen molar-refractivity contribution >= 4 is 22.6 Å². The lowest BCUT2D eigenvalue weighted by atomic mass is 9.70. The van der Waals surface area contributed by atoms with Gasteiger partial charge < -0.3 is 5.11 Å². The van der Waals surface area contributed by atoms with Gasteiger partial charge in [-0.3, -0.25) is 14.9 Å². The molecule has 0 radical (unpaired) electrons. The van der Waals surface area contributed by atoms with Crippen LogP contribution in [0.3, 0.4) is 0 Å². The number of pyridine rings is 1. The number of carboxylic acids is 1. The Bertz CT molecular complexity index is 1540. The first kappa shape index (κ1) is 21.5. The molecule has 4 aromatic heterocycles. The van der Waals surface area contributed by atoms with E-state index in [4.69, 9.17) is 4.98 Å². The van der Waals surface area contributed by atoms with Gasteiger partial charge in [0.25, 0.3) is 0 Å². The molecule has 0 atom stereocenters. The van der Waals surface area contributed by atoms with E-state index in [2.05, 4.69) is 20.3 Å². The highest BCUT2D eigenvalue weighted by Gasteiger charge is 2.39. The Labute approximate surface area is 202 Å². The van der Waals surface area contributed by atoms with Gasteiger partial charge in [-0.15, -0.1) is 0 Å². The number of benzene rings is 1. The molecule has 2 N–H and O–H groups in total. The van der Waals surface area contributed by atoms with E-state index in [1.54, 1.807) is 4.52 Å². The maximum absolute atomic E-state index is 11.8. The minimum Gasteiger partial charge on any atom is -0.481 e. The predicted molar refractivity (Wildman–Crippen MR) is 133 cm³/mol. The van der Waals surface area contributed by atoms with Crippen molar-refractivity contribution in [1.82, 2.24) is 29.8 Å². The third kappa shape index (κ3) is 3.48. The molecule has 8 nitrogen and oxygen atoms in total. The van der Waals surface area contributed by atoms with Gasteiger partial charge in [-0.2, -0.15) is 14.7 Å². The summed E-state index contributed by atoms with van der Waals surface area (Å²) in [6.07, 6.45) is 6.51. The smallest absolute Gasteiger partial charge is 0.309 e. The Morgan fingerprint density at radius 3 is 2.51 bits per heavy atom. The maximum Gasteiger partial charge on any atom is 0.309 e. The van der Waals surface area contributed by atoms with Gasteiger partial charge in [0.05, 0.1) is 28.4 Å². The van der Waals surface area contributed by atoms with Crippen molar-refractivity contribution in [3.05, 3.63) is 66.2 Å². The highest BCUT2D eigenvalue weighted by Crippen LogP contribution is 2.44. The van der Waals surface area contributed by atoms with Crippen LogP contribution in [-0.2, 0) is 4.79 Å². The fraction of sp³-hybridized carbons (Fsp3) is 0.296. The van der Waals surface area contributed by atoms with E-state index in [1.807, 2.05) is 68.7 Å². The van der Waals surface area contributed by atoms with E-state index in [0.29, 0.717) is 12.8 Å². The molecule has 0 bridgehead atoms. The van der Waals surface area contributed by atoms with Crippen LogP contribution in [0.2, 0.25) is 0 Å². The fourth-order valence-corrected chi connectivity index (χ4v) is 5.22. The lowest BCUT2D eigenvalue weighted by Crippen LogP contribution is -2.32. The van der Waals surface area contributed by atoms with Gasteiger partial charge in [-0.25, -0.2) is 4.98 Å². The Morgan fingerprint density at radius 2 is 1.83 bits per heavy atom. The van der Waals surface area contributed by atoms with Crippen LogP contribution in [0.5, 0.6) is 0 Å². The zero-order valence-corrected chi connectivity index (χ0v) is 19.7. The zero-order valence-electron chi connectivity index (χ0n) is 19.7. The van der Waals surface area contributed by atoms with E-state index >= 15 is 0 Å². The molecule has 1 aromatic carbocycles. The van der Waals surface area contributed by atoms with E-state index in [0.717, 1.165) is 63.3 Å². The highest BCUT2D eigenvalue weighted by atomic mass is 16.4. The molecule has 1 aliphatic carbocycles. The summed E-state index contributed by atoms with van der Waals surface area (Å²) in [5, 5.41) is 22.9. The summed E-state index contributed by atoms with van der Waals surface area (Å²) in [4.78, 5) is 21.6. The maximum atomic E-state index is 11.8. The molecule has 8 heteroatoms. The van der Waals surface area contributed by atoms with Crippen molar-refractivity contribution in [2.24, 2.45) is 5.41 Å². The van der Waals surface area contributed by atoms with Gasteiger partial charge >= 0.3 is 5.97 Å². The molecule has 0 aliphatic heterocycles. The van der Waals surface area contributed by atoms with Gasteiger partial charge in [-0.1, -0.05) is 36.4 Å². The second kappa shape index (κ2) is 8.01. The van der Waals surface area contributed by atoms with Crippen molar-refractivity contribution in [2.75, 3.05) is 0 Å². The first-order valence-electron chi connectivity index (χ1n) is 11.9. The molecule has 1 saturated carbocycles. The zero-order chi connectivity index (χ0) is 24.2. The van der Waals surface area contributed by atoms with Crippen molar-refractivity contribution in [3.8, 4) is 22.4 Å². The number of nitrogens with zero attached hydrogens (tertiary/aromatic N) is 5. The van der Waals surface area contributed by atoms with Gasteiger partial charge in [0.15, 0.2) is 11.3 Å². The molecule has 5 aromatic rings. The largest absolute Gasteiger partial charge is 0.481 e. The summed E-state index contributed by atoms with van der Waals surface area (Å²) >= 11 is 0. The minimum absolute atomic E-state index is 0.174. The number of rotatable bonds is 4. The van der Waals surface area contributed by atoms with Crippen molar-refractivity contribution < 1.29 is 9.90 Å². The number of carbonyl (C=O) groups is 1. The lowest BCUT2D eigenvalue weighted by molar-refractivity contribution is -0.149. The molecule has 1 fully saturated rings. The summed E-state index contributed by atoms with van der Waals surface area (Å²) in [5.41, 5.74) is 6.54. The van der Waals surface area contributed by atoms with E-state index in [-0.39, 0.29) is 5.92 Å². The van der Waals surface area contributed by atoms with Crippen LogP contribution in [0, 0.1) is 12.3 Å². The Hall–Kier alpha value is -4.07. The van der Waals surface area contributed by atoms with Crippen molar-refractivity contribution in [3.63, 3.8) is 0 Å². The number of aromatic amines is 1. The molecular weight excluding hydrogens is 440 g/mol. The molecule has 6 rings (SSSR count). The molecule has 35 heavy (non-hydrogen) atoms. The summed E-state index contributed by atoms with van der Waals surface area (Å²) in [6.45, 7) is 3.84. The number of H-pyrrole nitrogens is 1. The van der Waals surface area contributed by atoms with Crippen molar-refractivity contribution in [2.45, 2.75) is 45.4 Å². The number of hydrogen-bond donors (Lipinski definition) is 2. The number of nitrogens with one attached hydrogen (secondary N) is 1. The number of aliphatic carboxylic acids is 1. The van der Waals surface area contributed by atoms with Gasteiger partial charge in [0.2, 0.25) is 0 Å². The highest BCUT2D eigenvalue weighted by molar-refractivity contribution is 5.87. The van der Waals surface area contributed by atoms with Crippen LogP contribution in [-0.4, -0.2) is 40.9 Å². The first-order valence-corrected chi connectivity index (χ1v) is 11.9. The van der Waals surface area contributed by atoms with Crippen LogP contribution in [0.25, 0.3) is 39.1 Å². The molecular formula is C27H26N6O2. The number of aryl methyl sites for hydroxylation is 1. The predicted octanol–water partition coefficient (Wildman–Crippen LogP) is 5.39. The Kier molecular flexibility index (Phi) is 4.91. The average Bonchev–Trinajstić information content (AvgIpc) is 3.48. The summed E-state index contributed by atoms with van der Waals surface area (Å²) in [6, 6.07) is 14.1. The van der Waals surface area contributed by atoms with Gasteiger partial charge in [0, 0.05) is 34.5 Å². The second-order valence-electron chi connectivity index (χ2n) is 9.78. The minimum atomic E-state index is -0.714. The monoisotopic (exact) mass is 466 g/mol. The Morgan fingerprint density at radius 1 is 1.06 bits per heavy atom. The van der Waals surface area contributed by atoms with Crippen molar-refractivity contribution in [1.29, 1.82) is 0 Å². The third-order valence-corrected chi connectivity index (χ3v) is 7.49. The summed E-state index contributed by atoms with van der Waals surface area (Å²) in [5.74, 6) is -0.541. The summed E-state index contributed by atoms with van der Waals surface area (Å²) < 4.78 is 1.78. The molecule has 0 spiro atoms.